The molecule has 1 N–H and O–H groups in total. The molecular formula is C19H24ClN3O2S. The highest BCUT2D eigenvalue weighted by Gasteiger charge is 2.26. The van der Waals surface area contributed by atoms with Crippen molar-refractivity contribution in [3.63, 3.8) is 0 Å². The zero-order chi connectivity index (χ0) is 18.5. The van der Waals surface area contributed by atoms with E-state index in [4.69, 9.17) is 16.0 Å². The minimum atomic E-state index is -0.114. The van der Waals surface area contributed by atoms with Gasteiger partial charge in [-0.05, 0) is 51.1 Å². The average molecular weight is 394 g/mol. The summed E-state index contributed by atoms with van der Waals surface area (Å²) in [7, 11) is 1.96. The summed E-state index contributed by atoms with van der Waals surface area (Å²) in [5, 5.41) is 3.85. The van der Waals surface area contributed by atoms with E-state index < -0.39 is 0 Å². The number of carbonyl (C=O) groups excluding carboxylic acids is 1. The Morgan fingerprint density at radius 3 is 2.96 bits per heavy atom. The van der Waals surface area contributed by atoms with E-state index in [2.05, 4.69) is 10.3 Å². The topological polar surface area (TPSA) is 58.4 Å². The first kappa shape index (κ1) is 19.3. The summed E-state index contributed by atoms with van der Waals surface area (Å²) in [5.41, 5.74) is 0.939. The highest BCUT2D eigenvalue weighted by atomic mass is 35.5. The highest BCUT2D eigenvalue weighted by molar-refractivity contribution is 7.99. The minimum Gasteiger partial charge on any atom is -0.440 e. The largest absolute Gasteiger partial charge is 0.440 e. The third kappa shape index (κ3) is 4.81. The van der Waals surface area contributed by atoms with Gasteiger partial charge in [-0.2, -0.15) is 0 Å². The standard InChI is InChI=1S/C19H24ClN3O2S/c1-13(19(24)23-9-3-4-16(11-23)21-2)26-12-18-22-10-17(25-18)14-5-7-15(20)8-6-14/h5-8,10,13,16,21H,3-4,9,11-12H2,1-2H3. The molecule has 0 aliphatic carbocycles. The lowest BCUT2D eigenvalue weighted by Crippen LogP contribution is -2.49. The van der Waals surface area contributed by atoms with Gasteiger partial charge in [-0.3, -0.25) is 4.79 Å². The predicted octanol–water partition coefficient (Wildman–Crippen LogP) is 3.83. The molecule has 2 aromatic rings. The second-order valence-corrected chi connectivity index (χ2v) is 8.26. The Balaban J connectivity index is 1.53. The maximum atomic E-state index is 12.7. The SMILES string of the molecule is CNC1CCCN(C(=O)C(C)SCc2ncc(-c3ccc(Cl)cc3)o2)C1. The summed E-state index contributed by atoms with van der Waals surface area (Å²) < 4.78 is 5.81. The fourth-order valence-corrected chi connectivity index (χ4v) is 4.01. The van der Waals surface area contributed by atoms with Crippen molar-refractivity contribution >= 4 is 29.3 Å². The fraction of sp³-hybridized carbons (Fsp3) is 0.474. The number of halogens is 1. The van der Waals surface area contributed by atoms with E-state index in [1.54, 1.807) is 18.0 Å². The van der Waals surface area contributed by atoms with Gasteiger partial charge in [-0.1, -0.05) is 11.6 Å². The van der Waals surface area contributed by atoms with E-state index in [0.29, 0.717) is 28.5 Å². The normalized spacial score (nSPS) is 18.7. The van der Waals surface area contributed by atoms with E-state index in [1.165, 1.54) is 0 Å². The first-order chi connectivity index (χ1) is 12.6. The molecule has 2 unspecified atom stereocenters. The number of piperidine rings is 1. The van der Waals surface area contributed by atoms with Gasteiger partial charge in [0, 0.05) is 29.7 Å². The summed E-state index contributed by atoms with van der Waals surface area (Å²) in [4.78, 5) is 19.0. The van der Waals surface area contributed by atoms with E-state index in [-0.39, 0.29) is 11.2 Å². The number of hydrogen-bond acceptors (Lipinski definition) is 5. The molecule has 1 fully saturated rings. The number of likely N-dealkylation sites (tertiary alicyclic amines) is 1. The van der Waals surface area contributed by atoms with Crippen LogP contribution >= 0.6 is 23.4 Å². The molecule has 2 heterocycles. The fourth-order valence-electron chi connectivity index (χ4n) is 3.06. The molecule has 0 spiro atoms. The smallest absolute Gasteiger partial charge is 0.235 e. The molecule has 1 aromatic heterocycles. The third-order valence-corrected chi connectivity index (χ3v) is 6.00. The molecule has 1 saturated heterocycles. The molecule has 26 heavy (non-hydrogen) atoms. The van der Waals surface area contributed by atoms with Crippen molar-refractivity contribution in [3.05, 3.63) is 41.4 Å². The van der Waals surface area contributed by atoms with E-state index in [9.17, 15) is 4.79 Å². The van der Waals surface area contributed by atoms with Crippen LogP contribution in [0.1, 0.15) is 25.7 Å². The molecule has 5 nitrogen and oxygen atoms in total. The molecule has 0 bridgehead atoms. The summed E-state index contributed by atoms with van der Waals surface area (Å²) >= 11 is 7.47. The van der Waals surface area contributed by atoms with E-state index >= 15 is 0 Å². The van der Waals surface area contributed by atoms with Crippen LogP contribution in [0.25, 0.3) is 11.3 Å². The monoisotopic (exact) mass is 393 g/mol. The van der Waals surface area contributed by atoms with Crippen LogP contribution in [-0.2, 0) is 10.5 Å². The predicted molar refractivity (Wildman–Crippen MR) is 106 cm³/mol. The molecule has 1 aliphatic heterocycles. The number of nitrogens with one attached hydrogen (secondary N) is 1. The highest BCUT2D eigenvalue weighted by Crippen LogP contribution is 2.26. The zero-order valence-electron chi connectivity index (χ0n) is 15.1. The van der Waals surface area contributed by atoms with Crippen LogP contribution in [0.2, 0.25) is 5.02 Å². The van der Waals surface area contributed by atoms with Crippen molar-refractivity contribution in [2.45, 2.75) is 36.8 Å². The molecule has 1 aromatic carbocycles. The van der Waals surface area contributed by atoms with Crippen molar-refractivity contribution in [1.29, 1.82) is 0 Å². The molecule has 140 valence electrons. The minimum absolute atomic E-state index is 0.114. The number of amides is 1. The van der Waals surface area contributed by atoms with Gasteiger partial charge in [-0.25, -0.2) is 4.98 Å². The van der Waals surface area contributed by atoms with Crippen LogP contribution < -0.4 is 5.32 Å². The van der Waals surface area contributed by atoms with Crippen molar-refractivity contribution in [2.24, 2.45) is 0 Å². The van der Waals surface area contributed by atoms with Crippen molar-refractivity contribution in [3.8, 4) is 11.3 Å². The van der Waals surface area contributed by atoms with Crippen molar-refractivity contribution in [2.75, 3.05) is 20.1 Å². The van der Waals surface area contributed by atoms with Crippen molar-refractivity contribution < 1.29 is 9.21 Å². The van der Waals surface area contributed by atoms with Gasteiger partial charge >= 0.3 is 0 Å². The molecule has 3 rings (SSSR count). The summed E-state index contributed by atoms with van der Waals surface area (Å²) in [6, 6.07) is 7.86. The van der Waals surface area contributed by atoms with Gasteiger partial charge in [0.1, 0.15) is 0 Å². The van der Waals surface area contributed by atoms with Crippen LogP contribution in [-0.4, -0.2) is 47.2 Å². The lowest BCUT2D eigenvalue weighted by molar-refractivity contribution is -0.131. The number of nitrogens with zero attached hydrogens (tertiary/aromatic N) is 2. The number of likely N-dealkylation sites (N-methyl/N-ethyl adjacent to an activating group) is 1. The molecule has 1 aliphatic rings. The summed E-state index contributed by atoms with van der Waals surface area (Å²) in [6.45, 7) is 3.60. The Morgan fingerprint density at radius 2 is 2.23 bits per heavy atom. The van der Waals surface area contributed by atoms with E-state index in [1.807, 2.05) is 43.1 Å². The maximum Gasteiger partial charge on any atom is 0.235 e. The van der Waals surface area contributed by atoms with Crippen LogP contribution in [0, 0.1) is 0 Å². The number of rotatable bonds is 6. The van der Waals surface area contributed by atoms with Crippen molar-refractivity contribution in [1.82, 2.24) is 15.2 Å². The molecule has 2 atom stereocenters. The summed E-state index contributed by atoms with van der Waals surface area (Å²) in [6.07, 6.45) is 3.90. The van der Waals surface area contributed by atoms with Gasteiger partial charge in [0.25, 0.3) is 0 Å². The Kier molecular flexibility index (Phi) is 6.62. The third-order valence-electron chi connectivity index (χ3n) is 4.63. The van der Waals surface area contributed by atoms with Crippen LogP contribution in [0.15, 0.2) is 34.9 Å². The number of oxazole rings is 1. The van der Waals surface area contributed by atoms with Crippen LogP contribution in [0.4, 0.5) is 0 Å². The van der Waals surface area contributed by atoms with Gasteiger partial charge in [0.2, 0.25) is 11.8 Å². The van der Waals surface area contributed by atoms with Gasteiger partial charge in [-0.15, -0.1) is 11.8 Å². The number of aromatic nitrogens is 1. The summed E-state index contributed by atoms with van der Waals surface area (Å²) in [5.74, 6) is 2.11. The molecule has 0 saturated carbocycles. The quantitative estimate of drug-likeness (QED) is 0.808. The lowest BCUT2D eigenvalue weighted by Gasteiger charge is -2.34. The maximum absolute atomic E-state index is 12.7. The van der Waals surface area contributed by atoms with Gasteiger partial charge < -0.3 is 14.6 Å². The Morgan fingerprint density at radius 1 is 1.46 bits per heavy atom. The molecule has 0 radical (unpaired) electrons. The second kappa shape index (κ2) is 8.93. The Bertz CT molecular complexity index is 735. The van der Waals surface area contributed by atoms with Gasteiger partial charge in [0.05, 0.1) is 17.2 Å². The van der Waals surface area contributed by atoms with Gasteiger partial charge in [0.15, 0.2) is 5.76 Å². The number of carbonyl (C=O) groups is 1. The average Bonchev–Trinajstić information content (AvgIpc) is 3.15. The molecular weight excluding hydrogens is 370 g/mol. The van der Waals surface area contributed by atoms with Crippen LogP contribution in [0.3, 0.4) is 0 Å². The first-order valence-corrected chi connectivity index (χ1v) is 10.3. The Hall–Kier alpha value is -1.50. The van der Waals surface area contributed by atoms with Crippen LogP contribution in [0.5, 0.6) is 0 Å². The first-order valence-electron chi connectivity index (χ1n) is 8.85. The number of hydrogen-bond donors (Lipinski definition) is 1. The number of thioether (sulfide) groups is 1. The molecule has 1 amide bonds. The van der Waals surface area contributed by atoms with E-state index in [0.717, 1.165) is 31.5 Å². The second-order valence-electron chi connectivity index (χ2n) is 6.49. The zero-order valence-corrected chi connectivity index (χ0v) is 16.6. The number of benzene rings is 1. The molecule has 7 heteroatoms. The Labute approximate surface area is 163 Å². The lowest BCUT2D eigenvalue weighted by atomic mass is 10.1.